The number of β-amino-alcohol motifs (C(OH)–C–C–N with tert-alkyl or cyclic N) is 1. The van der Waals surface area contributed by atoms with Gasteiger partial charge < -0.3 is 14.7 Å². The predicted molar refractivity (Wildman–Crippen MR) is 58.7 cm³/mol. The van der Waals surface area contributed by atoms with E-state index in [1.165, 1.54) is 0 Å². The smallest absolute Gasteiger partial charge is 0.248 e. The van der Waals surface area contributed by atoms with Gasteiger partial charge in [0.2, 0.25) is 5.91 Å². The maximum absolute atomic E-state index is 11.5. The number of aliphatic hydroxyl groups is 1. The number of benzene rings is 1. The minimum atomic E-state index is -0.349. The van der Waals surface area contributed by atoms with E-state index in [-0.39, 0.29) is 18.6 Å². The van der Waals surface area contributed by atoms with Gasteiger partial charge in [0.05, 0.1) is 12.7 Å². The highest BCUT2D eigenvalue weighted by atomic mass is 16.5. The number of ether oxygens (including phenoxy) is 1. The molecule has 4 nitrogen and oxygen atoms in total. The Labute approximate surface area is 94.4 Å². The van der Waals surface area contributed by atoms with Crippen LogP contribution in [0, 0.1) is 0 Å². The second-order valence-corrected chi connectivity index (χ2v) is 3.93. The van der Waals surface area contributed by atoms with Crippen molar-refractivity contribution in [1.29, 1.82) is 0 Å². The lowest BCUT2D eigenvalue weighted by atomic mass is 10.2. The Bertz CT molecular complexity index is 347. The average molecular weight is 221 g/mol. The monoisotopic (exact) mass is 221 g/mol. The van der Waals surface area contributed by atoms with Gasteiger partial charge in [-0.1, -0.05) is 30.3 Å². The predicted octanol–water partition coefficient (Wildman–Crippen LogP) is 0.406. The van der Waals surface area contributed by atoms with Gasteiger partial charge in [-0.2, -0.15) is 0 Å². The van der Waals surface area contributed by atoms with Crippen molar-refractivity contribution < 1.29 is 14.6 Å². The normalized spacial score (nSPS) is 15.9. The lowest BCUT2D eigenvalue weighted by molar-refractivity contribution is -0.146. The largest absolute Gasteiger partial charge is 0.389 e. The van der Waals surface area contributed by atoms with Gasteiger partial charge in [-0.05, 0) is 5.56 Å². The van der Waals surface area contributed by atoms with Crippen molar-refractivity contribution in [2.24, 2.45) is 0 Å². The topological polar surface area (TPSA) is 49.8 Å². The third-order valence-electron chi connectivity index (χ3n) is 2.55. The number of hydrogen-bond donors (Lipinski definition) is 1. The second kappa shape index (κ2) is 5.09. The van der Waals surface area contributed by atoms with Crippen molar-refractivity contribution in [3.8, 4) is 0 Å². The Morgan fingerprint density at radius 2 is 2.06 bits per heavy atom. The SMILES string of the molecule is O=C(COCc1ccccc1)N1CC(O)C1. The van der Waals surface area contributed by atoms with Gasteiger partial charge in [-0.3, -0.25) is 4.79 Å². The summed E-state index contributed by atoms with van der Waals surface area (Å²) in [7, 11) is 0. The Hall–Kier alpha value is -1.39. The molecule has 2 rings (SSSR count). The first-order valence-corrected chi connectivity index (χ1v) is 5.33. The molecule has 0 saturated carbocycles. The zero-order valence-electron chi connectivity index (χ0n) is 9.00. The Morgan fingerprint density at radius 3 is 2.69 bits per heavy atom. The molecule has 0 unspecified atom stereocenters. The van der Waals surface area contributed by atoms with Crippen molar-refractivity contribution in [1.82, 2.24) is 4.90 Å². The first-order valence-electron chi connectivity index (χ1n) is 5.33. The highest BCUT2D eigenvalue weighted by molar-refractivity contribution is 5.78. The molecule has 0 aromatic heterocycles. The highest BCUT2D eigenvalue weighted by Crippen LogP contribution is 2.08. The van der Waals surface area contributed by atoms with Crippen LogP contribution in [0.15, 0.2) is 30.3 Å². The van der Waals surface area contributed by atoms with Crippen molar-refractivity contribution in [2.45, 2.75) is 12.7 Å². The summed E-state index contributed by atoms with van der Waals surface area (Å²) in [4.78, 5) is 13.0. The van der Waals surface area contributed by atoms with Crippen LogP contribution in [0.1, 0.15) is 5.56 Å². The molecule has 1 aromatic rings. The van der Waals surface area contributed by atoms with E-state index in [0.717, 1.165) is 5.56 Å². The van der Waals surface area contributed by atoms with Crippen LogP contribution in [-0.4, -0.2) is 41.7 Å². The minimum Gasteiger partial charge on any atom is -0.389 e. The fourth-order valence-corrected chi connectivity index (χ4v) is 1.58. The second-order valence-electron chi connectivity index (χ2n) is 3.93. The van der Waals surface area contributed by atoms with Crippen LogP contribution in [0.5, 0.6) is 0 Å². The molecule has 1 saturated heterocycles. The van der Waals surface area contributed by atoms with E-state index in [2.05, 4.69) is 0 Å². The summed E-state index contributed by atoms with van der Waals surface area (Å²) < 4.78 is 5.30. The molecule has 0 atom stereocenters. The van der Waals surface area contributed by atoms with Crippen LogP contribution in [0.4, 0.5) is 0 Å². The molecular weight excluding hydrogens is 206 g/mol. The molecule has 1 heterocycles. The standard InChI is InChI=1S/C12H15NO3/c14-11-6-13(7-11)12(15)9-16-8-10-4-2-1-3-5-10/h1-5,11,14H,6-9H2. The molecule has 16 heavy (non-hydrogen) atoms. The Balaban J connectivity index is 1.67. The van der Waals surface area contributed by atoms with Crippen LogP contribution in [0.25, 0.3) is 0 Å². The van der Waals surface area contributed by atoms with Gasteiger partial charge >= 0.3 is 0 Å². The number of carbonyl (C=O) groups excluding carboxylic acids is 1. The van der Waals surface area contributed by atoms with E-state index in [4.69, 9.17) is 9.84 Å². The highest BCUT2D eigenvalue weighted by Gasteiger charge is 2.28. The maximum atomic E-state index is 11.5. The van der Waals surface area contributed by atoms with E-state index in [1.807, 2.05) is 30.3 Å². The number of hydrogen-bond acceptors (Lipinski definition) is 3. The third-order valence-corrected chi connectivity index (χ3v) is 2.55. The summed E-state index contributed by atoms with van der Waals surface area (Å²) in [6.45, 7) is 1.41. The number of amides is 1. The molecular formula is C12H15NO3. The Kier molecular flexibility index (Phi) is 3.54. The van der Waals surface area contributed by atoms with Gasteiger partial charge in [0.15, 0.2) is 0 Å². The zero-order chi connectivity index (χ0) is 11.4. The molecule has 4 heteroatoms. The molecule has 1 aromatic carbocycles. The molecule has 86 valence electrons. The van der Waals surface area contributed by atoms with Crippen molar-refractivity contribution in [2.75, 3.05) is 19.7 Å². The number of nitrogens with zero attached hydrogens (tertiary/aromatic N) is 1. The quantitative estimate of drug-likeness (QED) is 0.801. The van der Waals surface area contributed by atoms with Gasteiger partial charge in [-0.15, -0.1) is 0 Å². The molecule has 1 aliphatic rings. The lowest BCUT2D eigenvalue weighted by Gasteiger charge is -2.35. The van der Waals surface area contributed by atoms with Crippen LogP contribution in [-0.2, 0) is 16.1 Å². The zero-order valence-corrected chi connectivity index (χ0v) is 9.00. The number of carbonyl (C=O) groups is 1. The van der Waals surface area contributed by atoms with Crippen molar-refractivity contribution in [3.05, 3.63) is 35.9 Å². The van der Waals surface area contributed by atoms with E-state index in [9.17, 15) is 4.79 Å². The summed E-state index contributed by atoms with van der Waals surface area (Å²) in [6.07, 6.45) is -0.349. The first-order chi connectivity index (χ1) is 7.75. The summed E-state index contributed by atoms with van der Waals surface area (Å²) in [5.41, 5.74) is 1.05. The van der Waals surface area contributed by atoms with Crippen LogP contribution in [0.2, 0.25) is 0 Å². The van der Waals surface area contributed by atoms with Crippen molar-refractivity contribution in [3.63, 3.8) is 0 Å². The van der Waals surface area contributed by atoms with E-state index in [1.54, 1.807) is 4.90 Å². The fourth-order valence-electron chi connectivity index (χ4n) is 1.58. The number of aliphatic hydroxyl groups excluding tert-OH is 1. The van der Waals surface area contributed by atoms with Gasteiger partial charge in [0.25, 0.3) is 0 Å². The van der Waals surface area contributed by atoms with Crippen LogP contribution in [0.3, 0.4) is 0 Å². The van der Waals surface area contributed by atoms with Crippen LogP contribution >= 0.6 is 0 Å². The molecule has 1 aliphatic heterocycles. The van der Waals surface area contributed by atoms with Gasteiger partial charge in [0.1, 0.15) is 6.61 Å². The average Bonchev–Trinajstić information content (AvgIpc) is 2.26. The molecule has 0 aliphatic carbocycles. The summed E-state index contributed by atoms with van der Waals surface area (Å²) >= 11 is 0. The Morgan fingerprint density at radius 1 is 1.38 bits per heavy atom. The van der Waals surface area contributed by atoms with Gasteiger partial charge in [-0.25, -0.2) is 0 Å². The first kappa shape index (κ1) is 11.1. The minimum absolute atomic E-state index is 0.0544. The molecule has 1 amide bonds. The fraction of sp³-hybridized carbons (Fsp3) is 0.417. The third kappa shape index (κ3) is 2.81. The summed E-state index contributed by atoms with van der Waals surface area (Å²) in [5, 5.41) is 9.04. The molecule has 0 bridgehead atoms. The maximum Gasteiger partial charge on any atom is 0.248 e. The molecule has 0 spiro atoms. The van der Waals surface area contributed by atoms with E-state index < -0.39 is 0 Å². The summed E-state index contributed by atoms with van der Waals surface area (Å²) in [5.74, 6) is -0.0544. The summed E-state index contributed by atoms with van der Waals surface area (Å²) in [6, 6.07) is 9.73. The molecule has 1 fully saturated rings. The van der Waals surface area contributed by atoms with Gasteiger partial charge in [0, 0.05) is 13.1 Å². The molecule has 0 radical (unpaired) electrons. The van der Waals surface area contributed by atoms with E-state index >= 15 is 0 Å². The number of rotatable bonds is 4. The number of likely N-dealkylation sites (tertiary alicyclic amines) is 1. The van der Waals surface area contributed by atoms with Crippen LogP contribution < -0.4 is 0 Å². The molecule has 1 N–H and O–H groups in total. The van der Waals surface area contributed by atoms with Crippen molar-refractivity contribution >= 4 is 5.91 Å². The van der Waals surface area contributed by atoms with E-state index in [0.29, 0.717) is 19.7 Å². The lowest BCUT2D eigenvalue weighted by Crippen LogP contribution is -2.54.